The number of rotatable bonds is 5. The lowest BCUT2D eigenvalue weighted by Gasteiger charge is -2.12. The summed E-state index contributed by atoms with van der Waals surface area (Å²) < 4.78 is 5.38. The van der Waals surface area contributed by atoms with Gasteiger partial charge >= 0.3 is 0 Å². The molecule has 4 nitrogen and oxygen atoms in total. The highest BCUT2D eigenvalue weighted by molar-refractivity contribution is 7.80. The van der Waals surface area contributed by atoms with Crippen LogP contribution in [0.5, 0.6) is 5.75 Å². The number of amides is 1. The molecule has 98 valence electrons. The van der Waals surface area contributed by atoms with Crippen LogP contribution in [-0.4, -0.2) is 23.5 Å². The van der Waals surface area contributed by atoms with Crippen molar-refractivity contribution in [3.8, 4) is 5.75 Å². The maximum Gasteiger partial charge on any atom is 0.258 e. The third kappa shape index (κ3) is 4.50. The Morgan fingerprint density at radius 1 is 1.56 bits per heavy atom. The number of nitrogens with two attached hydrogens (primary N) is 1. The van der Waals surface area contributed by atoms with E-state index in [-0.39, 0.29) is 23.5 Å². The number of nitrogens with one attached hydrogen (secondary N) is 1. The van der Waals surface area contributed by atoms with Gasteiger partial charge in [-0.3, -0.25) is 4.79 Å². The molecule has 0 saturated carbocycles. The maximum absolute atomic E-state index is 11.5. The molecular weight excluding hydrogens is 272 g/mol. The predicted octanol–water partition coefficient (Wildman–Crippen LogP) is 1.88. The van der Waals surface area contributed by atoms with Crippen LogP contribution in [0.1, 0.15) is 19.4 Å². The van der Waals surface area contributed by atoms with Crippen molar-refractivity contribution in [1.29, 1.82) is 0 Å². The molecule has 3 N–H and O–H groups in total. The molecule has 0 bridgehead atoms. The lowest BCUT2D eigenvalue weighted by Crippen LogP contribution is -2.34. The summed E-state index contributed by atoms with van der Waals surface area (Å²) in [4.78, 5) is 11.7. The Morgan fingerprint density at radius 2 is 2.22 bits per heavy atom. The van der Waals surface area contributed by atoms with Crippen molar-refractivity contribution in [3.05, 3.63) is 28.8 Å². The summed E-state index contributed by atoms with van der Waals surface area (Å²) in [5, 5.41) is 3.21. The smallest absolute Gasteiger partial charge is 0.258 e. The number of ether oxygens (including phenoxy) is 1. The van der Waals surface area contributed by atoms with Gasteiger partial charge in [0, 0.05) is 11.1 Å². The molecule has 1 rings (SSSR count). The second kappa shape index (κ2) is 6.56. The van der Waals surface area contributed by atoms with Crippen LogP contribution in [0.2, 0.25) is 5.02 Å². The van der Waals surface area contributed by atoms with Gasteiger partial charge in [-0.2, -0.15) is 0 Å². The molecule has 1 aromatic carbocycles. The van der Waals surface area contributed by atoms with Crippen molar-refractivity contribution in [2.45, 2.75) is 19.9 Å². The summed E-state index contributed by atoms with van der Waals surface area (Å²) in [7, 11) is 0. The molecule has 6 heteroatoms. The molecule has 0 aliphatic heterocycles. The molecule has 0 radical (unpaired) electrons. The van der Waals surface area contributed by atoms with Crippen molar-refractivity contribution in [2.75, 3.05) is 6.61 Å². The van der Waals surface area contributed by atoms with Gasteiger partial charge in [-0.15, -0.1) is 0 Å². The average Bonchev–Trinajstić information content (AvgIpc) is 2.25. The molecule has 0 atom stereocenters. The number of hydrogen-bond acceptors (Lipinski definition) is 3. The third-order valence-corrected chi connectivity index (χ3v) is 2.47. The fourth-order valence-electron chi connectivity index (χ4n) is 1.33. The zero-order valence-corrected chi connectivity index (χ0v) is 11.8. The van der Waals surface area contributed by atoms with Gasteiger partial charge in [0.05, 0.1) is 5.56 Å². The lowest BCUT2D eigenvalue weighted by atomic mass is 10.2. The van der Waals surface area contributed by atoms with E-state index in [0.717, 1.165) is 0 Å². The molecule has 0 fully saturated rings. The van der Waals surface area contributed by atoms with E-state index in [1.807, 2.05) is 13.8 Å². The second-order valence-electron chi connectivity index (χ2n) is 4.02. The van der Waals surface area contributed by atoms with Gasteiger partial charge in [0.25, 0.3) is 5.91 Å². The SMILES string of the molecule is CC(C)NC(=O)COc1cc(Cl)ccc1C(N)=S. The topological polar surface area (TPSA) is 64.3 Å². The van der Waals surface area contributed by atoms with E-state index in [4.69, 9.17) is 34.3 Å². The van der Waals surface area contributed by atoms with Crippen molar-refractivity contribution in [3.63, 3.8) is 0 Å². The Balaban J connectivity index is 2.74. The van der Waals surface area contributed by atoms with Crippen molar-refractivity contribution < 1.29 is 9.53 Å². The summed E-state index contributed by atoms with van der Waals surface area (Å²) in [6.45, 7) is 3.64. The van der Waals surface area contributed by atoms with Crippen molar-refractivity contribution in [1.82, 2.24) is 5.32 Å². The van der Waals surface area contributed by atoms with E-state index in [1.54, 1.807) is 18.2 Å². The van der Waals surface area contributed by atoms with E-state index in [9.17, 15) is 4.79 Å². The minimum absolute atomic E-state index is 0.0653. The monoisotopic (exact) mass is 286 g/mol. The standard InChI is InChI=1S/C12H15ClN2O2S/c1-7(2)15-11(16)6-17-10-5-8(13)3-4-9(10)12(14)18/h3-5,7H,6H2,1-2H3,(H2,14,18)(H,15,16). The molecule has 0 saturated heterocycles. The van der Waals surface area contributed by atoms with Gasteiger partial charge < -0.3 is 15.8 Å². The highest BCUT2D eigenvalue weighted by Crippen LogP contribution is 2.23. The largest absolute Gasteiger partial charge is 0.483 e. The molecule has 1 aromatic rings. The minimum atomic E-state index is -0.209. The van der Waals surface area contributed by atoms with Crippen LogP contribution < -0.4 is 15.8 Å². The molecule has 0 spiro atoms. The van der Waals surface area contributed by atoms with E-state index in [0.29, 0.717) is 16.3 Å². The third-order valence-electron chi connectivity index (χ3n) is 2.02. The van der Waals surface area contributed by atoms with Gasteiger partial charge in [0.15, 0.2) is 6.61 Å². The normalized spacial score (nSPS) is 10.2. The van der Waals surface area contributed by atoms with Crippen LogP contribution in [-0.2, 0) is 4.79 Å². The summed E-state index contributed by atoms with van der Waals surface area (Å²) >= 11 is 10.8. The molecule has 0 aliphatic carbocycles. The predicted molar refractivity (Wildman–Crippen MR) is 76.1 cm³/mol. The maximum atomic E-state index is 11.5. The number of carbonyl (C=O) groups excluding carboxylic acids is 1. The minimum Gasteiger partial charge on any atom is -0.483 e. The molecule has 18 heavy (non-hydrogen) atoms. The number of halogens is 1. The first-order valence-corrected chi connectivity index (χ1v) is 6.20. The summed E-state index contributed by atoms with van der Waals surface area (Å²) in [6.07, 6.45) is 0. The Hall–Kier alpha value is -1.33. The Kier molecular flexibility index (Phi) is 5.37. The van der Waals surface area contributed by atoms with E-state index >= 15 is 0 Å². The fraction of sp³-hybridized carbons (Fsp3) is 0.333. The van der Waals surface area contributed by atoms with Crippen LogP contribution in [0, 0.1) is 0 Å². The fourth-order valence-corrected chi connectivity index (χ4v) is 1.66. The van der Waals surface area contributed by atoms with Crippen LogP contribution in [0.4, 0.5) is 0 Å². The molecule has 0 aliphatic rings. The zero-order chi connectivity index (χ0) is 13.7. The molecular formula is C12H15ClN2O2S. The number of thiocarbonyl (C=S) groups is 1. The van der Waals surface area contributed by atoms with Crippen molar-refractivity contribution in [2.24, 2.45) is 5.73 Å². The highest BCUT2D eigenvalue weighted by atomic mass is 35.5. The lowest BCUT2D eigenvalue weighted by molar-refractivity contribution is -0.123. The van der Waals surface area contributed by atoms with Gasteiger partial charge in [0.2, 0.25) is 0 Å². The first-order valence-electron chi connectivity index (χ1n) is 5.41. The van der Waals surface area contributed by atoms with Crippen molar-refractivity contribution >= 4 is 34.7 Å². The molecule has 0 heterocycles. The van der Waals surface area contributed by atoms with E-state index in [1.165, 1.54) is 0 Å². The summed E-state index contributed by atoms with van der Waals surface area (Å²) in [5.74, 6) is 0.202. The number of carbonyl (C=O) groups is 1. The molecule has 1 amide bonds. The van der Waals surface area contributed by atoms with Gasteiger partial charge in [-0.05, 0) is 32.0 Å². The number of hydrogen-bond donors (Lipinski definition) is 2. The van der Waals surface area contributed by atoms with Gasteiger partial charge in [0.1, 0.15) is 10.7 Å². The van der Waals surface area contributed by atoms with Crippen LogP contribution in [0.25, 0.3) is 0 Å². The van der Waals surface area contributed by atoms with Crippen LogP contribution in [0.3, 0.4) is 0 Å². The molecule has 0 aromatic heterocycles. The second-order valence-corrected chi connectivity index (χ2v) is 4.89. The quantitative estimate of drug-likeness (QED) is 0.811. The Morgan fingerprint density at radius 3 is 2.78 bits per heavy atom. The van der Waals surface area contributed by atoms with Crippen LogP contribution in [0.15, 0.2) is 18.2 Å². The number of benzene rings is 1. The van der Waals surface area contributed by atoms with E-state index < -0.39 is 0 Å². The Labute approximate surface area is 116 Å². The van der Waals surface area contributed by atoms with Crippen LogP contribution >= 0.6 is 23.8 Å². The van der Waals surface area contributed by atoms with Gasteiger partial charge in [-0.25, -0.2) is 0 Å². The summed E-state index contributed by atoms with van der Waals surface area (Å²) in [6, 6.07) is 4.98. The zero-order valence-electron chi connectivity index (χ0n) is 10.2. The Bertz CT molecular complexity index is 463. The summed E-state index contributed by atoms with van der Waals surface area (Å²) in [5.41, 5.74) is 6.12. The van der Waals surface area contributed by atoms with Gasteiger partial charge in [-0.1, -0.05) is 23.8 Å². The molecule has 0 unspecified atom stereocenters. The van der Waals surface area contributed by atoms with E-state index in [2.05, 4.69) is 5.32 Å². The first kappa shape index (κ1) is 14.7. The average molecular weight is 287 g/mol. The highest BCUT2D eigenvalue weighted by Gasteiger charge is 2.10. The first-order chi connectivity index (χ1) is 8.40.